The van der Waals surface area contributed by atoms with Crippen molar-refractivity contribution < 1.29 is 18.3 Å². The fourth-order valence-electron chi connectivity index (χ4n) is 1.80. The van der Waals surface area contributed by atoms with Crippen molar-refractivity contribution in [1.29, 1.82) is 0 Å². The number of methoxy groups -OCH3 is 1. The lowest BCUT2D eigenvalue weighted by Gasteiger charge is -2.06. The SMILES string of the molecule is COc1ccc(C(=O)Cc2cc(Br)ccc2F)c(F)c1. The van der Waals surface area contributed by atoms with Crippen LogP contribution in [-0.4, -0.2) is 12.9 Å². The molecule has 0 bridgehead atoms. The van der Waals surface area contributed by atoms with E-state index in [-0.39, 0.29) is 17.5 Å². The Morgan fingerprint density at radius 2 is 1.90 bits per heavy atom. The van der Waals surface area contributed by atoms with Crippen LogP contribution in [0.25, 0.3) is 0 Å². The maximum atomic E-state index is 13.8. The molecule has 0 saturated carbocycles. The maximum Gasteiger partial charge on any atom is 0.170 e. The average molecular weight is 341 g/mol. The molecule has 0 aliphatic rings. The molecule has 20 heavy (non-hydrogen) atoms. The molecule has 0 amide bonds. The number of hydrogen-bond donors (Lipinski definition) is 0. The second-order valence-electron chi connectivity index (χ2n) is 4.18. The minimum atomic E-state index is -0.676. The molecule has 0 heterocycles. The summed E-state index contributed by atoms with van der Waals surface area (Å²) in [5.74, 6) is -1.32. The minimum Gasteiger partial charge on any atom is -0.497 e. The molecule has 0 spiro atoms. The summed E-state index contributed by atoms with van der Waals surface area (Å²) >= 11 is 3.21. The van der Waals surface area contributed by atoms with Crippen LogP contribution < -0.4 is 4.74 Å². The van der Waals surface area contributed by atoms with E-state index < -0.39 is 17.4 Å². The van der Waals surface area contributed by atoms with Gasteiger partial charge in [-0.2, -0.15) is 0 Å². The van der Waals surface area contributed by atoms with Gasteiger partial charge in [-0.3, -0.25) is 4.79 Å². The number of hydrogen-bond acceptors (Lipinski definition) is 2. The van der Waals surface area contributed by atoms with E-state index in [1.54, 1.807) is 0 Å². The highest BCUT2D eigenvalue weighted by atomic mass is 79.9. The summed E-state index contributed by atoms with van der Waals surface area (Å²) in [5, 5.41) is 0. The molecular formula is C15H11BrF2O2. The Morgan fingerprint density at radius 1 is 1.15 bits per heavy atom. The molecule has 0 aliphatic heterocycles. The Bertz CT molecular complexity index is 656. The van der Waals surface area contributed by atoms with Crippen molar-refractivity contribution in [2.75, 3.05) is 7.11 Å². The molecule has 2 aromatic carbocycles. The van der Waals surface area contributed by atoms with Crippen LogP contribution in [0.3, 0.4) is 0 Å². The lowest BCUT2D eigenvalue weighted by Crippen LogP contribution is -2.07. The lowest BCUT2D eigenvalue weighted by atomic mass is 10.0. The van der Waals surface area contributed by atoms with E-state index in [0.717, 1.165) is 6.07 Å². The highest BCUT2D eigenvalue weighted by Crippen LogP contribution is 2.20. The van der Waals surface area contributed by atoms with Gasteiger partial charge >= 0.3 is 0 Å². The summed E-state index contributed by atoms with van der Waals surface area (Å²) in [4.78, 5) is 12.0. The topological polar surface area (TPSA) is 26.3 Å². The fourth-order valence-corrected chi connectivity index (χ4v) is 2.20. The second-order valence-corrected chi connectivity index (χ2v) is 5.10. The summed E-state index contributed by atoms with van der Waals surface area (Å²) in [7, 11) is 1.41. The number of halogens is 3. The van der Waals surface area contributed by atoms with Crippen molar-refractivity contribution in [2.45, 2.75) is 6.42 Å². The predicted molar refractivity (Wildman–Crippen MR) is 75.1 cm³/mol. The molecule has 0 atom stereocenters. The molecule has 0 fully saturated rings. The average Bonchev–Trinajstić information content (AvgIpc) is 2.42. The number of carbonyl (C=O) groups is 1. The van der Waals surface area contributed by atoms with Crippen LogP contribution in [0.2, 0.25) is 0 Å². The van der Waals surface area contributed by atoms with Gasteiger partial charge in [-0.25, -0.2) is 8.78 Å². The fraction of sp³-hybridized carbons (Fsp3) is 0.133. The molecule has 0 unspecified atom stereocenters. The summed E-state index contributed by atoms with van der Waals surface area (Å²) in [6.07, 6.45) is -0.200. The van der Waals surface area contributed by atoms with E-state index in [4.69, 9.17) is 4.74 Å². The van der Waals surface area contributed by atoms with Crippen molar-refractivity contribution in [3.05, 3.63) is 63.6 Å². The van der Waals surface area contributed by atoms with E-state index in [1.165, 1.54) is 37.4 Å². The van der Waals surface area contributed by atoms with E-state index in [1.807, 2.05) is 0 Å². The summed E-state index contributed by atoms with van der Waals surface area (Å²) in [5.41, 5.74) is 0.143. The highest BCUT2D eigenvalue weighted by Gasteiger charge is 2.15. The van der Waals surface area contributed by atoms with E-state index in [0.29, 0.717) is 10.2 Å². The Kier molecular flexibility index (Phi) is 4.49. The summed E-state index contributed by atoms with van der Waals surface area (Å²) < 4.78 is 32.9. The predicted octanol–water partition coefficient (Wildman–Crippen LogP) is 4.16. The monoisotopic (exact) mass is 340 g/mol. The van der Waals surface area contributed by atoms with Crippen molar-refractivity contribution in [1.82, 2.24) is 0 Å². The Labute approximate surface area is 123 Å². The standard InChI is InChI=1S/C15H11BrF2O2/c1-20-11-3-4-12(14(18)8-11)15(19)7-9-6-10(16)2-5-13(9)17/h2-6,8H,7H2,1H3. The summed E-state index contributed by atoms with van der Waals surface area (Å²) in [6, 6.07) is 8.27. The second kappa shape index (κ2) is 6.13. The van der Waals surface area contributed by atoms with Crippen molar-refractivity contribution in [3.63, 3.8) is 0 Å². The Morgan fingerprint density at radius 3 is 2.55 bits per heavy atom. The molecule has 0 aromatic heterocycles. The molecule has 0 N–H and O–H groups in total. The first-order chi connectivity index (χ1) is 9.51. The third-order valence-corrected chi connectivity index (χ3v) is 3.33. The third kappa shape index (κ3) is 3.22. The van der Waals surface area contributed by atoms with Gasteiger partial charge in [0.1, 0.15) is 17.4 Å². The molecule has 0 aliphatic carbocycles. The first-order valence-electron chi connectivity index (χ1n) is 5.82. The zero-order valence-electron chi connectivity index (χ0n) is 10.6. The largest absolute Gasteiger partial charge is 0.497 e. The third-order valence-electron chi connectivity index (χ3n) is 2.84. The smallest absolute Gasteiger partial charge is 0.170 e. The van der Waals surface area contributed by atoms with Gasteiger partial charge in [0.05, 0.1) is 12.7 Å². The van der Waals surface area contributed by atoms with Gasteiger partial charge in [-0.05, 0) is 35.9 Å². The molecule has 104 valence electrons. The van der Waals surface area contributed by atoms with Gasteiger partial charge in [0, 0.05) is 17.0 Å². The minimum absolute atomic E-state index is 0.0785. The van der Waals surface area contributed by atoms with Crippen molar-refractivity contribution in [3.8, 4) is 5.75 Å². The Balaban J connectivity index is 2.26. The number of ketones is 1. The summed E-state index contributed by atoms with van der Waals surface area (Å²) in [6.45, 7) is 0. The first-order valence-corrected chi connectivity index (χ1v) is 6.61. The zero-order valence-corrected chi connectivity index (χ0v) is 12.2. The normalized spacial score (nSPS) is 10.4. The highest BCUT2D eigenvalue weighted by molar-refractivity contribution is 9.10. The number of ether oxygens (including phenoxy) is 1. The first kappa shape index (κ1) is 14.7. The quantitative estimate of drug-likeness (QED) is 0.781. The molecule has 0 saturated heterocycles. The van der Waals surface area contributed by atoms with Crippen LogP contribution in [0.15, 0.2) is 40.9 Å². The molecular weight excluding hydrogens is 330 g/mol. The number of carbonyl (C=O) groups excluding carboxylic acids is 1. The number of rotatable bonds is 4. The molecule has 2 rings (SSSR count). The van der Waals surface area contributed by atoms with Crippen LogP contribution in [0, 0.1) is 11.6 Å². The van der Waals surface area contributed by atoms with E-state index >= 15 is 0 Å². The van der Waals surface area contributed by atoms with E-state index in [9.17, 15) is 13.6 Å². The number of benzene rings is 2. The van der Waals surface area contributed by atoms with Gasteiger partial charge < -0.3 is 4.74 Å². The molecule has 0 radical (unpaired) electrons. The van der Waals surface area contributed by atoms with Gasteiger partial charge in [-0.1, -0.05) is 15.9 Å². The number of Topliss-reactive ketones (excluding diaryl/α,β-unsaturated/α-hetero) is 1. The van der Waals surface area contributed by atoms with Crippen LogP contribution >= 0.6 is 15.9 Å². The molecule has 5 heteroatoms. The van der Waals surface area contributed by atoms with Crippen LogP contribution in [-0.2, 0) is 6.42 Å². The molecule has 2 nitrogen and oxygen atoms in total. The zero-order chi connectivity index (χ0) is 14.7. The van der Waals surface area contributed by atoms with Crippen molar-refractivity contribution in [2.24, 2.45) is 0 Å². The van der Waals surface area contributed by atoms with Gasteiger partial charge in [0.2, 0.25) is 0 Å². The van der Waals surface area contributed by atoms with Gasteiger partial charge in [0.25, 0.3) is 0 Å². The van der Waals surface area contributed by atoms with Crippen molar-refractivity contribution >= 4 is 21.7 Å². The Hall–Kier alpha value is -1.75. The molecule has 2 aromatic rings. The lowest BCUT2D eigenvalue weighted by molar-refractivity contribution is 0.0988. The van der Waals surface area contributed by atoms with Crippen LogP contribution in [0.4, 0.5) is 8.78 Å². The van der Waals surface area contributed by atoms with E-state index in [2.05, 4.69) is 15.9 Å². The maximum absolute atomic E-state index is 13.8. The van der Waals surface area contributed by atoms with Gasteiger partial charge in [-0.15, -0.1) is 0 Å². The van der Waals surface area contributed by atoms with Crippen LogP contribution in [0.1, 0.15) is 15.9 Å². The van der Waals surface area contributed by atoms with Gasteiger partial charge in [0.15, 0.2) is 5.78 Å². The van der Waals surface area contributed by atoms with Crippen LogP contribution in [0.5, 0.6) is 5.75 Å².